The normalized spacial score (nSPS) is 12.2. The average Bonchev–Trinajstić information content (AvgIpc) is 2.46. The highest BCUT2D eigenvalue weighted by Crippen LogP contribution is 2.20. The Hall–Kier alpha value is -1.28. The van der Waals surface area contributed by atoms with Crippen molar-refractivity contribution in [2.24, 2.45) is 0 Å². The van der Waals surface area contributed by atoms with Crippen molar-refractivity contribution in [3.05, 3.63) is 65.2 Å². The number of ether oxygens (including phenoxy) is 1. The van der Waals surface area contributed by atoms with E-state index in [0.717, 1.165) is 25.0 Å². The highest BCUT2D eigenvalue weighted by atomic mass is 79.9. The number of halogens is 1. The summed E-state index contributed by atoms with van der Waals surface area (Å²) >= 11 is 3.80. The third-order valence-corrected chi connectivity index (χ3v) is 4.36. The first-order valence-corrected chi connectivity index (χ1v) is 7.92. The lowest BCUT2D eigenvalue weighted by molar-refractivity contribution is 0.414. The summed E-state index contributed by atoms with van der Waals surface area (Å²) in [5.41, 5.74) is 4.15. The molecule has 0 fully saturated rings. The maximum absolute atomic E-state index is 5.27. The molecule has 0 heterocycles. The molecule has 0 bridgehead atoms. The Balaban J connectivity index is 1.89. The van der Waals surface area contributed by atoms with Gasteiger partial charge in [0.05, 0.1) is 7.11 Å². The van der Waals surface area contributed by atoms with E-state index in [9.17, 15) is 0 Å². The van der Waals surface area contributed by atoms with Crippen LogP contribution in [0.25, 0.3) is 0 Å². The van der Waals surface area contributed by atoms with E-state index >= 15 is 0 Å². The van der Waals surface area contributed by atoms with E-state index in [2.05, 4.69) is 65.3 Å². The minimum atomic E-state index is 0.495. The minimum absolute atomic E-state index is 0.495. The lowest BCUT2D eigenvalue weighted by atomic mass is 10.0. The molecule has 2 rings (SSSR count). The maximum atomic E-state index is 5.27. The number of alkyl halides is 1. The number of benzene rings is 2. The molecule has 0 radical (unpaired) electrons. The quantitative estimate of drug-likeness (QED) is 0.680. The van der Waals surface area contributed by atoms with Crippen LogP contribution in [-0.4, -0.2) is 11.9 Å². The summed E-state index contributed by atoms with van der Waals surface area (Å²) in [7, 11) is 1.71. The predicted octanol–water partition coefficient (Wildman–Crippen LogP) is 4.94. The van der Waals surface area contributed by atoms with E-state index in [1.807, 2.05) is 6.07 Å². The van der Waals surface area contributed by atoms with E-state index < -0.39 is 0 Å². The van der Waals surface area contributed by atoms with Crippen LogP contribution in [0.2, 0.25) is 0 Å². The second kappa shape index (κ2) is 7.49. The van der Waals surface area contributed by atoms with Crippen LogP contribution in [0.5, 0.6) is 5.75 Å². The molecule has 1 nitrogen and oxygen atoms in total. The van der Waals surface area contributed by atoms with Crippen LogP contribution in [0.4, 0.5) is 0 Å². The van der Waals surface area contributed by atoms with Gasteiger partial charge < -0.3 is 4.74 Å². The molecule has 0 spiro atoms. The summed E-state index contributed by atoms with van der Waals surface area (Å²) in [6, 6.07) is 16.9. The first kappa shape index (κ1) is 15.1. The third-order valence-electron chi connectivity index (χ3n) is 3.58. The Bertz CT molecular complexity index is 551. The van der Waals surface area contributed by atoms with Crippen LogP contribution in [0, 0.1) is 6.92 Å². The van der Waals surface area contributed by atoms with Gasteiger partial charge in [0.1, 0.15) is 5.75 Å². The minimum Gasteiger partial charge on any atom is -0.497 e. The van der Waals surface area contributed by atoms with Crippen LogP contribution in [0.1, 0.15) is 23.1 Å². The van der Waals surface area contributed by atoms with Gasteiger partial charge in [-0.3, -0.25) is 0 Å². The van der Waals surface area contributed by atoms with Crippen LogP contribution in [0.15, 0.2) is 48.5 Å². The van der Waals surface area contributed by atoms with Crippen molar-refractivity contribution in [3.63, 3.8) is 0 Å². The van der Waals surface area contributed by atoms with Gasteiger partial charge in [0.2, 0.25) is 0 Å². The summed E-state index contributed by atoms with van der Waals surface area (Å²) in [5, 5.41) is 0. The monoisotopic (exact) mass is 332 g/mol. The fourth-order valence-electron chi connectivity index (χ4n) is 2.36. The molecule has 1 atom stereocenters. The summed E-state index contributed by atoms with van der Waals surface area (Å²) in [5.74, 6) is 0.932. The fraction of sp³-hybridized carbons (Fsp3) is 0.333. The number of methoxy groups -OCH3 is 1. The number of rotatable bonds is 6. The van der Waals surface area contributed by atoms with Crippen molar-refractivity contribution in [1.29, 1.82) is 0 Å². The lowest BCUT2D eigenvalue weighted by Crippen LogP contribution is -2.05. The second-order valence-electron chi connectivity index (χ2n) is 5.12. The molecule has 2 aromatic carbocycles. The van der Waals surface area contributed by atoms with Gasteiger partial charge in [0, 0.05) is 4.83 Å². The van der Waals surface area contributed by atoms with Crippen molar-refractivity contribution < 1.29 is 4.74 Å². The summed E-state index contributed by atoms with van der Waals surface area (Å²) < 4.78 is 5.27. The highest BCUT2D eigenvalue weighted by Gasteiger charge is 2.07. The van der Waals surface area contributed by atoms with Gasteiger partial charge in [-0.25, -0.2) is 0 Å². The zero-order valence-corrected chi connectivity index (χ0v) is 13.7. The summed E-state index contributed by atoms with van der Waals surface area (Å²) in [6.45, 7) is 2.18. The van der Waals surface area contributed by atoms with Crippen LogP contribution in [-0.2, 0) is 12.8 Å². The van der Waals surface area contributed by atoms with E-state index in [1.165, 1.54) is 16.7 Å². The predicted molar refractivity (Wildman–Crippen MR) is 88.9 cm³/mol. The zero-order valence-electron chi connectivity index (χ0n) is 12.1. The second-order valence-corrected chi connectivity index (χ2v) is 6.41. The van der Waals surface area contributed by atoms with Crippen molar-refractivity contribution in [2.45, 2.75) is 31.0 Å². The van der Waals surface area contributed by atoms with Gasteiger partial charge in [-0.2, -0.15) is 0 Å². The molecular weight excluding hydrogens is 312 g/mol. The molecule has 0 aromatic heterocycles. The first-order valence-electron chi connectivity index (χ1n) is 7.00. The van der Waals surface area contributed by atoms with Crippen molar-refractivity contribution in [1.82, 2.24) is 0 Å². The molecule has 2 heteroatoms. The Morgan fingerprint density at radius 2 is 1.90 bits per heavy atom. The largest absolute Gasteiger partial charge is 0.497 e. The standard InChI is InChI=1S/C18H21BrO/c1-14-6-3-4-8-16(14)10-11-17(19)12-15-7-5-9-18(13-15)20-2/h3-9,13,17H,10-12H2,1-2H3. The van der Waals surface area contributed by atoms with Crippen molar-refractivity contribution in [2.75, 3.05) is 7.11 Å². The van der Waals surface area contributed by atoms with Crippen LogP contribution >= 0.6 is 15.9 Å². The van der Waals surface area contributed by atoms with E-state index in [-0.39, 0.29) is 0 Å². The topological polar surface area (TPSA) is 9.23 Å². The van der Waals surface area contributed by atoms with E-state index in [1.54, 1.807) is 7.11 Å². The van der Waals surface area contributed by atoms with Gasteiger partial charge >= 0.3 is 0 Å². The first-order chi connectivity index (χ1) is 9.69. The smallest absolute Gasteiger partial charge is 0.119 e. The van der Waals surface area contributed by atoms with Crippen molar-refractivity contribution >= 4 is 15.9 Å². The maximum Gasteiger partial charge on any atom is 0.119 e. The Labute approximate surface area is 130 Å². The SMILES string of the molecule is COc1cccc(CC(Br)CCc2ccccc2C)c1. The van der Waals surface area contributed by atoms with Gasteiger partial charge in [-0.1, -0.05) is 52.3 Å². The molecular formula is C18H21BrO. The van der Waals surface area contributed by atoms with E-state index in [0.29, 0.717) is 4.83 Å². The summed E-state index contributed by atoms with van der Waals surface area (Å²) in [4.78, 5) is 0.495. The molecule has 1 unspecified atom stereocenters. The number of hydrogen-bond donors (Lipinski definition) is 0. The lowest BCUT2D eigenvalue weighted by Gasteiger charge is -2.12. The molecule has 106 valence electrons. The molecule has 0 saturated heterocycles. The summed E-state index contributed by atoms with van der Waals surface area (Å²) in [6.07, 6.45) is 3.29. The molecule has 2 aromatic rings. The van der Waals surface area contributed by atoms with Gasteiger partial charge in [0.25, 0.3) is 0 Å². The van der Waals surface area contributed by atoms with Crippen LogP contribution < -0.4 is 4.74 Å². The molecule has 0 aliphatic carbocycles. The van der Waals surface area contributed by atoms with Gasteiger partial charge in [0.15, 0.2) is 0 Å². The molecule has 0 N–H and O–H groups in total. The van der Waals surface area contributed by atoms with E-state index in [4.69, 9.17) is 4.74 Å². The van der Waals surface area contributed by atoms with Gasteiger partial charge in [-0.15, -0.1) is 0 Å². The highest BCUT2D eigenvalue weighted by molar-refractivity contribution is 9.09. The molecule has 0 aliphatic rings. The van der Waals surface area contributed by atoms with Crippen molar-refractivity contribution in [3.8, 4) is 5.75 Å². The Morgan fingerprint density at radius 1 is 1.10 bits per heavy atom. The van der Waals surface area contributed by atoms with Gasteiger partial charge in [-0.05, 0) is 55.0 Å². The fourth-order valence-corrected chi connectivity index (χ4v) is 2.96. The number of hydrogen-bond acceptors (Lipinski definition) is 1. The average molecular weight is 333 g/mol. The Kier molecular flexibility index (Phi) is 5.66. The molecule has 0 amide bonds. The van der Waals surface area contributed by atoms with Crippen LogP contribution in [0.3, 0.4) is 0 Å². The molecule has 20 heavy (non-hydrogen) atoms. The molecule has 0 aliphatic heterocycles. The third kappa shape index (κ3) is 4.38. The molecule has 0 saturated carbocycles. The zero-order chi connectivity index (χ0) is 14.4. The number of aryl methyl sites for hydroxylation is 2. The Morgan fingerprint density at radius 3 is 2.65 bits per heavy atom.